The van der Waals surface area contributed by atoms with Crippen LogP contribution in [0.15, 0.2) is 24.3 Å². The zero-order chi connectivity index (χ0) is 15.2. The van der Waals surface area contributed by atoms with Crippen LogP contribution in [0.3, 0.4) is 0 Å². The van der Waals surface area contributed by atoms with E-state index in [-0.39, 0.29) is 23.9 Å². The van der Waals surface area contributed by atoms with Crippen LogP contribution in [0.4, 0.5) is 9.18 Å². The maximum absolute atomic E-state index is 12.9. The van der Waals surface area contributed by atoms with Gasteiger partial charge in [-0.3, -0.25) is 0 Å². The van der Waals surface area contributed by atoms with Crippen molar-refractivity contribution in [1.82, 2.24) is 10.2 Å². The number of carbonyl (C=O) groups excluding carboxylic acids is 1. The van der Waals surface area contributed by atoms with Crippen LogP contribution in [0, 0.1) is 5.82 Å². The molecule has 1 aromatic rings. The van der Waals surface area contributed by atoms with Gasteiger partial charge in [0, 0.05) is 25.0 Å². The predicted octanol–water partition coefficient (Wildman–Crippen LogP) is 2.13. The summed E-state index contributed by atoms with van der Waals surface area (Å²) in [5.41, 5.74) is 0.673. The van der Waals surface area contributed by atoms with Gasteiger partial charge in [0.2, 0.25) is 0 Å². The number of aliphatic hydroxyl groups is 1. The second-order valence-electron chi connectivity index (χ2n) is 5.35. The molecular formula is C15H23FN2O2. The van der Waals surface area contributed by atoms with E-state index in [0.29, 0.717) is 19.6 Å². The molecule has 20 heavy (non-hydrogen) atoms. The molecule has 1 rings (SSSR count). The van der Waals surface area contributed by atoms with Gasteiger partial charge in [0.15, 0.2) is 0 Å². The highest BCUT2D eigenvalue weighted by Gasteiger charge is 2.22. The van der Waals surface area contributed by atoms with Crippen LogP contribution in [-0.2, 0) is 5.41 Å². The molecule has 2 amide bonds. The van der Waals surface area contributed by atoms with Crippen molar-refractivity contribution < 1.29 is 14.3 Å². The number of hydrogen-bond acceptors (Lipinski definition) is 2. The fraction of sp³-hybridized carbons (Fsp3) is 0.533. The van der Waals surface area contributed by atoms with Crippen LogP contribution in [0.25, 0.3) is 0 Å². The Morgan fingerprint density at radius 1 is 1.35 bits per heavy atom. The third kappa shape index (κ3) is 4.49. The van der Waals surface area contributed by atoms with Crippen molar-refractivity contribution in [3.63, 3.8) is 0 Å². The van der Waals surface area contributed by atoms with Gasteiger partial charge in [0.05, 0.1) is 6.61 Å². The van der Waals surface area contributed by atoms with E-state index in [1.54, 1.807) is 17.0 Å². The van der Waals surface area contributed by atoms with Gasteiger partial charge in [-0.25, -0.2) is 9.18 Å². The molecule has 0 heterocycles. The Bertz CT molecular complexity index is 432. The average molecular weight is 282 g/mol. The molecule has 0 atom stereocenters. The lowest BCUT2D eigenvalue weighted by Crippen LogP contribution is -2.45. The summed E-state index contributed by atoms with van der Waals surface area (Å²) in [4.78, 5) is 13.5. The Balaban J connectivity index is 2.62. The number of nitrogens with zero attached hydrogens (tertiary/aromatic N) is 1. The first-order valence-electron chi connectivity index (χ1n) is 6.80. The third-order valence-electron chi connectivity index (χ3n) is 3.35. The van der Waals surface area contributed by atoms with Gasteiger partial charge in [0.1, 0.15) is 5.82 Å². The van der Waals surface area contributed by atoms with Gasteiger partial charge in [0.25, 0.3) is 0 Å². The highest BCUT2D eigenvalue weighted by atomic mass is 19.1. The number of urea groups is 1. The second kappa shape index (κ2) is 7.24. The summed E-state index contributed by atoms with van der Waals surface area (Å²) in [5.74, 6) is -0.270. The molecule has 0 fully saturated rings. The van der Waals surface area contributed by atoms with Crippen molar-refractivity contribution in [3.05, 3.63) is 35.6 Å². The number of amides is 2. The molecule has 0 spiro atoms. The van der Waals surface area contributed by atoms with E-state index in [2.05, 4.69) is 5.32 Å². The number of rotatable bonds is 6. The second-order valence-corrected chi connectivity index (χ2v) is 5.35. The fourth-order valence-corrected chi connectivity index (χ4v) is 1.94. The zero-order valence-corrected chi connectivity index (χ0v) is 12.3. The lowest BCUT2D eigenvalue weighted by molar-refractivity contribution is 0.178. The number of halogens is 1. The normalized spacial score (nSPS) is 11.2. The molecule has 0 aliphatic rings. The van der Waals surface area contributed by atoms with Gasteiger partial charge in [-0.15, -0.1) is 0 Å². The summed E-state index contributed by atoms with van der Waals surface area (Å²) >= 11 is 0. The Hall–Kier alpha value is -1.62. The first kappa shape index (κ1) is 16.4. The Morgan fingerprint density at radius 3 is 2.45 bits per heavy atom. The van der Waals surface area contributed by atoms with Crippen molar-refractivity contribution in [3.8, 4) is 0 Å². The van der Waals surface area contributed by atoms with Crippen molar-refractivity contribution >= 4 is 6.03 Å². The molecule has 112 valence electrons. The minimum atomic E-state index is -0.290. The highest BCUT2D eigenvalue weighted by Crippen LogP contribution is 2.22. The molecular weight excluding hydrogens is 259 g/mol. The molecule has 1 aromatic carbocycles. The fourth-order valence-electron chi connectivity index (χ4n) is 1.94. The van der Waals surface area contributed by atoms with Gasteiger partial charge >= 0.3 is 6.03 Å². The van der Waals surface area contributed by atoms with Crippen molar-refractivity contribution in [2.24, 2.45) is 0 Å². The maximum Gasteiger partial charge on any atom is 0.317 e. The van der Waals surface area contributed by atoms with Crippen LogP contribution >= 0.6 is 0 Å². The minimum Gasteiger partial charge on any atom is -0.395 e. The van der Waals surface area contributed by atoms with Gasteiger partial charge < -0.3 is 15.3 Å². The SMILES string of the molecule is CCN(CCO)C(=O)NCC(C)(C)c1ccc(F)cc1. The van der Waals surface area contributed by atoms with Crippen molar-refractivity contribution in [1.29, 1.82) is 0 Å². The quantitative estimate of drug-likeness (QED) is 0.840. The summed E-state index contributed by atoms with van der Waals surface area (Å²) in [6.45, 7) is 7.09. The van der Waals surface area contributed by atoms with E-state index < -0.39 is 0 Å². The van der Waals surface area contributed by atoms with Crippen LogP contribution in [-0.4, -0.2) is 42.3 Å². The highest BCUT2D eigenvalue weighted by molar-refractivity contribution is 5.74. The molecule has 5 heteroatoms. The number of carbonyl (C=O) groups is 1. The van der Waals surface area contributed by atoms with Gasteiger partial charge in [-0.05, 0) is 24.6 Å². The molecule has 0 aromatic heterocycles. The summed E-state index contributed by atoms with van der Waals surface area (Å²) < 4.78 is 12.9. The summed E-state index contributed by atoms with van der Waals surface area (Å²) in [5, 5.41) is 11.7. The number of likely N-dealkylation sites (N-methyl/N-ethyl adjacent to an activating group) is 1. The summed E-state index contributed by atoms with van der Waals surface area (Å²) in [6, 6.07) is 6.10. The van der Waals surface area contributed by atoms with E-state index in [4.69, 9.17) is 5.11 Å². The van der Waals surface area contributed by atoms with Crippen molar-refractivity contribution in [2.75, 3.05) is 26.2 Å². The first-order valence-corrected chi connectivity index (χ1v) is 6.80. The predicted molar refractivity (Wildman–Crippen MR) is 77.2 cm³/mol. The van der Waals surface area contributed by atoms with E-state index in [9.17, 15) is 9.18 Å². The molecule has 0 aliphatic heterocycles. The van der Waals surface area contributed by atoms with Gasteiger partial charge in [-0.1, -0.05) is 26.0 Å². The average Bonchev–Trinajstić information content (AvgIpc) is 2.42. The number of hydrogen-bond donors (Lipinski definition) is 2. The molecule has 0 radical (unpaired) electrons. The van der Waals surface area contributed by atoms with Crippen molar-refractivity contribution in [2.45, 2.75) is 26.2 Å². The van der Waals surface area contributed by atoms with Crippen LogP contribution in [0.5, 0.6) is 0 Å². The molecule has 0 unspecified atom stereocenters. The maximum atomic E-state index is 12.9. The Labute approximate surface area is 119 Å². The molecule has 0 saturated heterocycles. The minimum absolute atomic E-state index is 0.0530. The largest absolute Gasteiger partial charge is 0.395 e. The third-order valence-corrected chi connectivity index (χ3v) is 3.35. The number of aliphatic hydroxyl groups excluding tert-OH is 1. The zero-order valence-electron chi connectivity index (χ0n) is 12.3. The smallest absolute Gasteiger partial charge is 0.317 e. The van der Waals surface area contributed by atoms with Crippen LogP contribution < -0.4 is 5.32 Å². The molecule has 0 bridgehead atoms. The van der Waals surface area contributed by atoms with Gasteiger partial charge in [-0.2, -0.15) is 0 Å². The summed E-state index contributed by atoms with van der Waals surface area (Å²) in [7, 11) is 0. The monoisotopic (exact) mass is 282 g/mol. The molecule has 4 nitrogen and oxygen atoms in total. The lowest BCUT2D eigenvalue weighted by Gasteiger charge is -2.28. The van der Waals surface area contributed by atoms with E-state index in [1.807, 2.05) is 20.8 Å². The molecule has 0 saturated carbocycles. The van der Waals surface area contributed by atoms with Crippen LogP contribution in [0.2, 0.25) is 0 Å². The van der Waals surface area contributed by atoms with E-state index in [1.165, 1.54) is 12.1 Å². The number of benzene rings is 1. The molecule has 0 aliphatic carbocycles. The van der Waals surface area contributed by atoms with Crippen LogP contribution in [0.1, 0.15) is 26.3 Å². The number of nitrogens with one attached hydrogen (secondary N) is 1. The first-order chi connectivity index (χ1) is 9.40. The molecule has 2 N–H and O–H groups in total. The summed E-state index contributed by atoms with van der Waals surface area (Å²) in [6.07, 6.45) is 0. The lowest BCUT2D eigenvalue weighted by atomic mass is 9.84. The Morgan fingerprint density at radius 2 is 1.95 bits per heavy atom. The Kier molecular flexibility index (Phi) is 5.95. The van der Waals surface area contributed by atoms with E-state index in [0.717, 1.165) is 5.56 Å². The standard InChI is InChI=1S/C15H23FN2O2/c1-4-18(9-10-19)14(20)17-11-15(2,3)12-5-7-13(16)8-6-12/h5-8,19H,4,9-11H2,1-3H3,(H,17,20). The van der Waals surface area contributed by atoms with E-state index >= 15 is 0 Å². The topological polar surface area (TPSA) is 52.6 Å².